The van der Waals surface area contributed by atoms with Crippen LogP contribution in [0, 0.1) is 11.8 Å². The van der Waals surface area contributed by atoms with Gasteiger partial charge in [0.1, 0.15) is 0 Å². The van der Waals surface area contributed by atoms with Crippen molar-refractivity contribution in [3.05, 3.63) is 30.1 Å². The molecule has 92 valence electrons. The third-order valence-electron chi connectivity index (χ3n) is 3.75. The van der Waals surface area contributed by atoms with Crippen LogP contribution >= 0.6 is 0 Å². The Morgan fingerprint density at radius 3 is 2.53 bits per heavy atom. The molecule has 2 rings (SSSR count). The topological polar surface area (TPSA) is 50.2 Å². The number of aromatic nitrogens is 1. The summed E-state index contributed by atoms with van der Waals surface area (Å²) >= 11 is 0. The number of aliphatic carboxylic acids is 1. The van der Waals surface area contributed by atoms with Crippen molar-refractivity contribution < 1.29 is 9.90 Å². The summed E-state index contributed by atoms with van der Waals surface area (Å²) in [5.74, 6) is 0.230. The van der Waals surface area contributed by atoms with E-state index in [0.717, 1.165) is 12.8 Å². The molecule has 1 fully saturated rings. The predicted molar refractivity (Wildman–Crippen MR) is 65.6 cm³/mol. The molecule has 1 aromatic rings. The second kappa shape index (κ2) is 5.80. The summed E-state index contributed by atoms with van der Waals surface area (Å²) in [7, 11) is 0. The van der Waals surface area contributed by atoms with Gasteiger partial charge in [-0.25, -0.2) is 0 Å². The van der Waals surface area contributed by atoms with Crippen LogP contribution in [-0.4, -0.2) is 16.1 Å². The van der Waals surface area contributed by atoms with E-state index in [4.69, 9.17) is 5.11 Å². The monoisotopic (exact) mass is 233 g/mol. The molecule has 1 saturated carbocycles. The van der Waals surface area contributed by atoms with E-state index in [1.54, 1.807) is 0 Å². The molecule has 3 heteroatoms. The first-order valence-corrected chi connectivity index (χ1v) is 6.36. The van der Waals surface area contributed by atoms with Crippen molar-refractivity contribution in [1.29, 1.82) is 0 Å². The third-order valence-corrected chi connectivity index (χ3v) is 3.75. The minimum Gasteiger partial charge on any atom is -0.481 e. The van der Waals surface area contributed by atoms with Crippen molar-refractivity contribution in [2.75, 3.05) is 0 Å². The van der Waals surface area contributed by atoms with Gasteiger partial charge in [-0.2, -0.15) is 0 Å². The maximum absolute atomic E-state index is 10.9. The first-order valence-electron chi connectivity index (χ1n) is 6.36. The Hall–Kier alpha value is -1.38. The molecule has 1 aliphatic carbocycles. The maximum Gasteiger partial charge on any atom is 0.303 e. The van der Waals surface area contributed by atoms with Crippen LogP contribution in [0.5, 0.6) is 0 Å². The Morgan fingerprint density at radius 2 is 1.88 bits per heavy atom. The third kappa shape index (κ3) is 3.55. The first kappa shape index (κ1) is 12.1. The number of hydrogen-bond donors (Lipinski definition) is 1. The average molecular weight is 233 g/mol. The van der Waals surface area contributed by atoms with Crippen LogP contribution in [-0.2, 0) is 11.2 Å². The normalized spacial score (nSPS) is 24.5. The van der Waals surface area contributed by atoms with Gasteiger partial charge in [0.2, 0.25) is 0 Å². The van der Waals surface area contributed by atoms with Crippen molar-refractivity contribution >= 4 is 5.97 Å². The molecule has 17 heavy (non-hydrogen) atoms. The smallest absolute Gasteiger partial charge is 0.303 e. The van der Waals surface area contributed by atoms with E-state index < -0.39 is 5.97 Å². The Morgan fingerprint density at radius 1 is 1.24 bits per heavy atom. The van der Waals surface area contributed by atoms with Crippen LogP contribution in [0.1, 0.15) is 37.7 Å². The average Bonchev–Trinajstić information content (AvgIpc) is 2.32. The lowest BCUT2D eigenvalue weighted by molar-refractivity contribution is -0.138. The van der Waals surface area contributed by atoms with E-state index in [0.29, 0.717) is 18.3 Å². The lowest BCUT2D eigenvalue weighted by Gasteiger charge is -2.30. The Balaban J connectivity index is 1.99. The molecule has 1 N–H and O–H groups in total. The predicted octanol–water partition coefficient (Wildman–Crippen LogP) is 2.91. The molecule has 0 aromatic carbocycles. The number of hydrogen-bond acceptors (Lipinski definition) is 2. The van der Waals surface area contributed by atoms with Gasteiger partial charge in [-0.1, -0.05) is 12.8 Å². The van der Waals surface area contributed by atoms with Crippen LogP contribution in [0.3, 0.4) is 0 Å². The SMILES string of the molecule is O=C(O)CC1CCCCC1Cc1ccncc1. The van der Waals surface area contributed by atoms with Gasteiger partial charge in [0.25, 0.3) is 0 Å². The molecule has 0 spiro atoms. The standard InChI is InChI=1S/C14H19NO2/c16-14(17)10-13-4-2-1-3-12(13)9-11-5-7-15-8-6-11/h5-8,12-13H,1-4,9-10H2,(H,16,17). The number of carbonyl (C=O) groups is 1. The molecule has 0 amide bonds. The summed E-state index contributed by atoms with van der Waals surface area (Å²) in [5.41, 5.74) is 1.28. The van der Waals surface area contributed by atoms with E-state index >= 15 is 0 Å². The molecule has 2 unspecified atom stereocenters. The minimum absolute atomic E-state index is 0.329. The van der Waals surface area contributed by atoms with E-state index in [2.05, 4.69) is 4.98 Å². The fraction of sp³-hybridized carbons (Fsp3) is 0.571. The van der Waals surface area contributed by atoms with Gasteiger partial charge in [-0.05, 0) is 48.8 Å². The molecule has 1 heterocycles. The fourth-order valence-corrected chi connectivity index (χ4v) is 2.87. The van der Waals surface area contributed by atoms with Crippen molar-refractivity contribution in [3.63, 3.8) is 0 Å². The molecular weight excluding hydrogens is 214 g/mol. The van der Waals surface area contributed by atoms with Crippen LogP contribution in [0.15, 0.2) is 24.5 Å². The summed E-state index contributed by atoms with van der Waals surface area (Å²) in [4.78, 5) is 14.9. The molecular formula is C14H19NO2. The quantitative estimate of drug-likeness (QED) is 0.870. The summed E-state index contributed by atoms with van der Waals surface area (Å²) in [6.07, 6.45) is 9.62. The lowest BCUT2D eigenvalue weighted by Crippen LogP contribution is -2.24. The van der Waals surface area contributed by atoms with Crippen molar-refractivity contribution in [2.45, 2.75) is 38.5 Å². The zero-order valence-electron chi connectivity index (χ0n) is 10.0. The van der Waals surface area contributed by atoms with E-state index in [-0.39, 0.29) is 0 Å². The van der Waals surface area contributed by atoms with E-state index in [1.807, 2.05) is 24.5 Å². The van der Waals surface area contributed by atoms with Crippen molar-refractivity contribution in [3.8, 4) is 0 Å². The Bertz CT molecular complexity index is 364. The second-order valence-electron chi connectivity index (χ2n) is 4.96. The number of pyridine rings is 1. The van der Waals surface area contributed by atoms with Crippen LogP contribution < -0.4 is 0 Å². The second-order valence-corrected chi connectivity index (χ2v) is 4.96. The van der Waals surface area contributed by atoms with Gasteiger partial charge in [0, 0.05) is 18.8 Å². The maximum atomic E-state index is 10.9. The summed E-state index contributed by atoms with van der Waals surface area (Å²) < 4.78 is 0. The zero-order chi connectivity index (χ0) is 12.1. The molecule has 0 bridgehead atoms. The lowest BCUT2D eigenvalue weighted by atomic mass is 9.75. The van der Waals surface area contributed by atoms with Gasteiger partial charge in [-0.3, -0.25) is 9.78 Å². The first-order chi connectivity index (χ1) is 8.25. The largest absolute Gasteiger partial charge is 0.481 e. The summed E-state index contributed by atoms with van der Waals surface area (Å²) in [5, 5.41) is 8.94. The number of carboxylic acids is 1. The highest BCUT2D eigenvalue weighted by atomic mass is 16.4. The molecule has 1 aromatic heterocycles. The molecule has 0 radical (unpaired) electrons. The highest BCUT2D eigenvalue weighted by Gasteiger charge is 2.26. The number of nitrogens with zero attached hydrogens (tertiary/aromatic N) is 1. The Kier molecular flexibility index (Phi) is 4.13. The van der Waals surface area contributed by atoms with E-state index in [9.17, 15) is 4.79 Å². The molecule has 0 aliphatic heterocycles. The van der Waals surface area contributed by atoms with Gasteiger partial charge < -0.3 is 5.11 Å². The van der Waals surface area contributed by atoms with Crippen molar-refractivity contribution in [2.24, 2.45) is 11.8 Å². The van der Waals surface area contributed by atoms with Gasteiger partial charge in [-0.15, -0.1) is 0 Å². The van der Waals surface area contributed by atoms with Crippen LogP contribution in [0.25, 0.3) is 0 Å². The summed E-state index contributed by atoms with van der Waals surface area (Å²) in [6.45, 7) is 0. The fourth-order valence-electron chi connectivity index (χ4n) is 2.87. The van der Waals surface area contributed by atoms with Crippen LogP contribution in [0.2, 0.25) is 0 Å². The van der Waals surface area contributed by atoms with Gasteiger partial charge >= 0.3 is 5.97 Å². The number of carboxylic acid groups (broad SMARTS) is 1. The molecule has 0 saturated heterocycles. The van der Waals surface area contributed by atoms with Gasteiger partial charge in [0.15, 0.2) is 0 Å². The molecule has 1 aliphatic rings. The van der Waals surface area contributed by atoms with Crippen LogP contribution in [0.4, 0.5) is 0 Å². The number of rotatable bonds is 4. The summed E-state index contributed by atoms with van der Waals surface area (Å²) in [6, 6.07) is 4.07. The minimum atomic E-state index is -0.656. The Labute approximate surface area is 102 Å². The van der Waals surface area contributed by atoms with E-state index in [1.165, 1.54) is 24.8 Å². The van der Waals surface area contributed by atoms with Gasteiger partial charge in [0.05, 0.1) is 0 Å². The highest BCUT2D eigenvalue weighted by molar-refractivity contribution is 5.67. The molecule has 2 atom stereocenters. The zero-order valence-corrected chi connectivity index (χ0v) is 10.0. The highest BCUT2D eigenvalue weighted by Crippen LogP contribution is 2.34. The van der Waals surface area contributed by atoms with Crippen molar-refractivity contribution in [1.82, 2.24) is 4.98 Å². The molecule has 3 nitrogen and oxygen atoms in total.